The topological polar surface area (TPSA) is 61.8 Å². The second-order valence-corrected chi connectivity index (χ2v) is 5.54. The van der Waals surface area contributed by atoms with Gasteiger partial charge in [0.15, 0.2) is 0 Å². The molecular weight excluding hydrogens is 208 g/mol. The predicted molar refractivity (Wildman–Crippen MR) is 59.1 cm³/mol. The van der Waals surface area contributed by atoms with Crippen molar-refractivity contribution in [2.24, 2.45) is 0 Å². The molecule has 2 aliphatic rings. The highest BCUT2D eigenvalue weighted by Gasteiger charge is 2.46. The summed E-state index contributed by atoms with van der Waals surface area (Å²) in [6, 6.07) is 0.109. The Hall–Kier alpha value is -0.810. The van der Waals surface area contributed by atoms with Gasteiger partial charge in [0.05, 0.1) is 24.7 Å². The van der Waals surface area contributed by atoms with Gasteiger partial charge in [0.1, 0.15) is 5.60 Å². The van der Waals surface area contributed by atoms with Crippen molar-refractivity contribution >= 4 is 6.09 Å². The highest BCUT2D eigenvalue weighted by molar-refractivity contribution is 5.69. The molecule has 3 atom stereocenters. The molecule has 1 unspecified atom stereocenters. The maximum Gasteiger partial charge on any atom is 0.410 e. The number of fused-ring (bicyclic) bond motifs is 1. The molecule has 0 aromatic rings. The van der Waals surface area contributed by atoms with E-state index in [0.29, 0.717) is 6.54 Å². The van der Waals surface area contributed by atoms with Crippen LogP contribution in [-0.2, 0) is 4.74 Å². The SMILES string of the molecule is CC(C)(C)OC(=O)N1CC(O)[C@H]2NCC[C@H]21. The lowest BCUT2D eigenvalue weighted by atomic mass is 10.1. The summed E-state index contributed by atoms with van der Waals surface area (Å²) in [6.07, 6.45) is 0.101. The molecule has 2 rings (SSSR count). The molecular formula is C11H20N2O3. The average molecular weight is 228 g/mol. The van der Waals surface area contributed by atoms with Crippen molar-refractivity contribution in [3.8, 4) is 0 Å². The van der Waals surface area contributed by atoms with Gasteiger partial charge in [0.25, 0.3) is 0 Å². The monoisotopic (exact) mass is 228 g/mol. The Morgan fingerprint density at radius 2 is 2.19 bits per heavy atom. The predicted octanol–water partition coefficient (Wildman–Crippen LogP) is 0.328. The largest absolute Gasteiger partial charge is 0.444 e. The number of hydrogen-bond donors (Lipinski definition) is 2. The molecule has 0 saturated carbocycles. The van der Waals surface area contributed by atoms with Crippen LogP contribution >= 0.6 is 0 Å². The van der Waals surface area contributed by atoms with Crippen molar-refractivity contribution in [2.75, 3.05) is 13.1 Å². The molecule has 1 amide bonds. The fourth-order valence-electron chi connectivity index (χ4n) is 2.44. The molecule has 2 saturated heterocycles. The van der Waals surface area contributed by atoms with Crippen LogP contribution in [-0.4, -0.2) is 53.0 Å². The number of amides is 1. The van der Waals surface area contributed by atoms with E-state index < -0.39 is 11.7 Å². The number of carbonyl (C=O) groups excluding carboxylic acids is 1. The molecule has 0 bridgehead atoms. The lowest BCUT2D eigenvalue weighted by Gasteiger charge is -2.27. The van der Waals surface area contributed by atoms with Gasteiger partial charge in [-0.05, 0) is 33.7 Å². The van der Waals surface area contributed by atoms with E-state index in [2.05, 4.69) is 5.32 Å². The molecule has 2 N–H and O–H groups in total. The van der Waals surface area contributed by atoms with Crippen LogP contribution in [0.2, 0.25) is 0 Å². The first-order valence-electron chi connectivity index (χ1n) is 5.79. The van der Waals surface area contributed by atoms with Gasteiger partial charge >= 0.3 is 6.09 Å². The Labute approximate surface area is 95.8 Å². The van der Waals surface area contributed by atoms with Gasteiger partial charge in [-0.2, -0.15) is 0 Å². The number of β-amino-alcohol motifs (C(OH)–C–C–N with tert-alkyl or cyclic N) is 1. The Morgan fingerprint density at radius 1 is 1.50 bits per heavy atom. The molecule has 2 aliphatic heterocycles. The summed E-state index contributed by atoms with van der Waals surface area (Å²) in [5.74, 6) is 0. The third-order valence-electron chi connectivity index (χ3n) is 3.06. The smallest absolute Gasteiger partial charge is 0.410 e. The van der Waals surface area contributed by atoms with E-state index in [-0.39, 0.29) is 18.2 Å². The van der Waals surface area contributed by atoms with Gasteiger partial charge in [-0.3, -0.25) is 0 Å². The van der Waals surface area contributed by atoms with E-state index in [1.54, 1.807) is 4.90 Å². The molecule has 0 aliphatic carbocycles. The van der Waals surface area contributed by atoms with Gasteiger partial charge < -0.3 is 20.1 Å². The molecule has 2 heterocycles. The van der Waals surface area contributed by atoms with Crippen LogP contribution in [0.3, 0.4) is 0 Å². The second-order valence-electron chi connectivity index (χ2n) is 5.54. The first-order chi connectivity index (χ1) is 7.38. The van der Waals surface area contributed by atoms with E-state index in [0.717, 1.165) is 13.0 Å². The molecule has 5 nitrogen and oxygen atoms in total. The standard InChI is InChI=1S/C11H20N2O3/c1-11(2,3)16-10(15)13-6-8(14)9-7(13)4-5-12-9/h7-9,12,14H,4-6H2,1-3H3/t7-,8?,9+/m1/s1. The summed E-state index contributed by atoms with van der Waals surface area (Å²) in [5.41, 5.74) is -0.480. The summed E-state index contributed by atoms with van der Waals surface area (Å²) in [7, 11) is 0. The summed E-state index contributed by atoms with van der Waals surface area (Å²) in [5, 5.41) is 13.0. The Balaban J connectivity index is 2.02. The zero-order chi connectivity index (χ0) is 11.9. The summed E-state index contributed by atoms with van der Waals surface area (Å²) in [4.78, 5) is 13.6. The maximum absolute atomic E-state index is 11.9. The first kappa shape index (κ1) is 11.7. The fraction of sp³-hybridized carbons (Fsp3) is 0.909. The van der Waals surface area contributed by atoms with E-state index in [4.69, 9.17) is 4.74 Å². The number of aliphatic hydroxyl groups is 1. The second kappa shape index (κ2) is 3.89. The fourth-order valence-corrected chi connectivity index (χ4v) is 2.44. The first-order valence-corrected chi connectivity index (χ1v) is 5.79. The van der Waals surface area contributed by atoms with Crippen molar-refractivity contribution in [1.29, 1.82) is 0 Å². The zero-order valence-corrected chi connectivity index (χ0v) is 10.1. The lowest BCUT2D eigenvalue weighted by Crippen LogP contribution is -2.41. The molecule has 2 fully saturated rings. The van der Waals surface area contributed by atoms with Crippen molar-refractivity contribution in [2.45, 2.75) is 51.0 Å². The number of rotatable bonds is 0. The van der Waals surface area contributed by atoms with E-state index in [1.165, 1.54) is 0 Å². The molecule has 0 aromatic heterocycles. The molecule has 16 heavy (non-hydrogen) atoms. The third-order valence-corrected chi connectivity index (χ3v) is 3.06. The molecule has 92 valence electrons. The van der Waals surface area contributed by atoms with Crippen LogP contribution in [0.4, 0.5) is 4.79 Å². The zero-order valence-electron chi connectivity index (χ0n) is 10.1. The number of ether oxygens (including phenoxy) is 1. The highest BCUT2D eigenvalue weighted by Crippen LogP contribution is 2.27. The molecule has 5 heteroatoms. The van der Waals surface area contributed by atoms with Gasteiger partial charge in [0.2, 0.25) is 0 Å². The highest BCUT2D eigenvalue weighted by atomic mass is 16.6. The normalized spacial score (nSPS) is 34.0. The van der Waals surface area contributed by atoms with Crippen molar-refractivity contribution < 1.29 is 14.6 Å². The van der Waals surface area contributed by atoms with Crippen LogP contribution in [0.1, 0.15) is 27.2 Å². The number of carbonyl (C=O) groups is 1. The molecule has 0 aromatic carbocycles. The number of likely N-dealkylation sites (tertiary alicyclic amines) is 1. The van der Waals surface area contributed by atoms with Crippen molar-refractivity contribution in [1.82, 2.24) is 10.2 Å². The van der Waals surface area contributed by atoms with Crippen LogP contribution in [0, 0.1) is 0 Å². The van der Waals surface area contributed by atoms with E-state index >= 15 is 0 Å². The van der Waals surface area contributed by atoms with Crippen LogP contribution < -0.4 is 5.32 Å². The van der Waals surface area contributed by atoms with Crippen molar-refractivity contribution in [3.05, 3.63) is 0 Å². The molecule has 0 radical (unpaired) electrons. The van der Waals surface area contributed by atoms with Crippen LogP contribution in [0.5, 0.6) is 0 Å². The number of nitrogens with zero attached hydrogens (tertiary/aromatic N) is 1. The van der Waals surface area contributed by atoms with Crippen molar-refractivity contribution in [3.63, 3.8) is 0 Å². The Kier molecular flexibility index (Phi) is 2.84. The lowest BCUT2D eigenvalue weighted by molar-refractivity contribution is 0.0209. The number of hydrogen-bond acceptors (Lipinski definition) is 4. The van der Waals surface area contributed by atoms with Gasteiger partial charge in [0, 0.05) is 0 Å². The van der Waals surface area contributed by atoms with Gasteiger partial charge in [-0.25, -0.2) is 4.79 Å². The quantitative estimate of drug-likeness (QED) is 0.627. The molecule has 0 spiro atoms. The Morgan fingerprint density at radius 3 is 2.81 bits per heavy atom. The average Bonchev–Trinajstić information content (AvgIpc) is 2.66. The third kappa shape index (κ3) is 2.15. The maximum atomic E-state index is 11.9. The van der Waals surface area contributed by atoms with Gasteiger partial charge in [-0.15, -0.1) is 0 Å². The number of nitrogens with one attached hydrogen (secondary N) is 1. The van der Waals surface area contributed by atoms with Crippen LogP contribution in [0.15, 0.2) is 0 Å². The Bertz CT molecular complexity index is 287. The van der Waals surface area contributed by atoms with E-state index in [9.17, 15) is 9.90 Å². The minimum atomic E-state index is -0.480. The number of aliphatic hydroxyl groups excluding tert-OH is 1. The van der Waals surface area contributed by atoms with Crippen LogP contribution in [0.25, 0.3) is 0 Å². The van der Waals surface area contributed by atoms with Gasteiger partial charge in [-0.1, -0.05) is 0 Å². The summed E-state index contributed by atoms with van der Waals surface area (Å²) >= 11 is 0. The summed E-state index contributed by atoms with van der Waals surface area (Å²) < 4.78 is 5.33. The summed E-state index contributed by atoms with van der Waals surface area (Å²) in [6.45, 7) is 6.77. The minimum Gasteiger partial charge on any atom is -0.444 e. The van der Waals surface area contributed by atoms with E-state index in [1.807, 2.05) is 20.8 Å². The minimum absolute atomic E-state index is 0.0209.